The van der Waals surface area contributed by atoms with Gasteiger partial charge in [0.15, 0.2) is 0 Å². The lowest BCUT2D eigenvalue weighted by Gasteiger charge is -2.09. The molecule has 0 saturated heterocycles. The summed E-state index contributed by atoms with van der Waals surface area (Å²) in [6, 6.07) is 7.60. The molecule has 102 valence electrons. The van der Waals surface area contributed by atoms with Gasteiger partial charge in [0, 0.05) is 6.04 Å². The highest BCUT2D eigenvalue weighted by molar-refractivity contribution is 6.35. The van der Waals surface area contributed by atoms with Crippen molar-refractivity contribution in [2.45, 2.75) is 33.2 Å². The van der Waals surface area contributed by atoms with Crippen LogP contribution in [-0.2, 0) is 9.59 Å². The van der Waals surface area contributed by atoms with Crippen molar-refractivity contribution in [3.8, 4) is 0 Å². The fraction of sp³-hybridized carbons (Fsp3) is 0.357. The maximum Gasteiger partial charge on any atom is 0.329 e. The Morgan fingerprint density at radius 3 is 2.63 bits per heavy atom. The number of amides is 2. The Hall–Kier alpha value is -2.17. The number of nitrogens with zero attached hydrogens (tertiary/aromatic N) is 1. The summed E-state index contributed by atoms with van der Waals surface area (Å²) in [5.41, 5.74) is 4.15. The van der Waals surface area contributed by atoms with Crippen LogP contribution in [0.5, 0.6) is 0 Å². The maximum atomic E-state index is 11.4. The van der Waals surface area contributed by atoms with Crippen molar-refractivity contribution in [2.75, 3.05) is 0 Å². The van der Waals surface area contributed by atoms with Crippen LogP contribution in [0.2, 0.25) is 0 Å². The molecule has 0 unspecified atom stereocenters. The Bertz CT molecular complexity index is 483. The second-order valence-corrected chi connectivity index (χ2v) is 4.34. The number of benzene rings is 1. The summed E-state index contributed by atoms with van der Waals surface area (Å²) in [4.78, 5) is 22.9. The molecule has 2 amide bonds. The van der Waals surface area contributed by atoms with Crippen LogP contribution in [0.3, 0.4) is 0 Å². The van der Waals surface area contributed by atoms with Gasteiger partial charge in [0.2, 0.25) is 0 Å². The van der Waals surface area contributed by atoms with E-state index in [1.807, 2.05) is 45.0 Å². The summed E-state index contributed by atoms with van der Waals surface area (Å²) in [6.07, 6.45) is 2.29. The Kier molecular flexibility index (Phi) is 5.73. The fourth-order valence-electron chi connectivity index (χ4n) is 1.33. The van der Waals surface area contributed by atoms with Crippen molar-refractivity contribution in [3.63, 3.8) is 0 Å². The van der Waals surface area contributed by atoms with Gasteiger partial charge in [-0.3, -0.25) is 9.59 Å². The molecule has 1 rings (SSSR count). The van der Waals surface area contributed by atoms with E-state index in [1.54, 1.807) is 0 Å². The van der Waals surface area contributed by atoms with E-state index in [9.17, 15) is 9.59 Å². The first-order valence-electron chi connectivity index (χ1n) is 6.24. The Balaban J connectivity index is 2.50. The minimum Gasteiger partial charge on any atom is -0.345 e. The third-order valence-electron chi connectivity index (χ3n) is 2.75. The molecule has 19 heavy (non-hydrogen) atoms. The van der Waals surface area contributed by atoms with Crippen LogP contribution in [-0.4, -0.2) is 24.1 Å². The predicted octanol–water partition coefficient (Wildman–Crippen LogP) is 1.36. The molecule has 1 aromatic rings. The lowest BCUT2D eigenvalue weighted by atomic mass is 10.1. The van der Waals surface area contributed by atoms with E-state index in [0.717, 1.165) is 17.5 Å². The maximum absolute atomic E-state index is 11.4. The summed E-state index contributed by atoms with van der Waals surface area (Å²) >= 11 is 0. The predicted molar refractivity (Wildman–Crippen MR) is 74.8 cm³/mol. The number of hydrogen-bond acceptors (Lipinski definition) is 3. The molecule has 0 fully saturated rings. The van der Waals surface area contributed by atoms with Crippen LogP contribution in [0.4, 0.5) is 0 Å². The Morgan fingerprint density at radius 1 is 1.32 bits per heavy atom. The summed E-state index contributed by atoms with van der Waals surface area (Å²) in [7, 11) is 0. The van der Waals surface area contributed by atoms with Crippen LogP contribution in [0.1, 0.15) is 31.4 Å². The number of hydrazone groups is 1. The topological polar surface area (TPSA) is 70.6 Å². The van der Waals surface area contributed by atoms with Gasteiger partial charge >= 0.3 is 11.8 Å². The van der Waals surface area contributed by atoms with Gasteiger partial charge in [0.05, 0.1) is 6.21 Å². The minimum absolute atomic E-state index is 0.0291. The zero-order chi connectivity index (χ0) is 14.3. The largest absolute Gasteiger partial charge is 0.345 e. The smallest absolute Gasteiger partial charge is 0.329 e. The summed E-state index contributed by atoms with van der Waals surface area (Å²) in [5.74, 6) is -1.43. The van der Waals surface area contributed by atoms with E-state index in [1.165, 1.54) is 6.21 Å². The first-order valence-corrected chi connectivity index (χ1v) is 6.24. The quantitative estimate of drug-likeness (QED) is 0.488. The van der Waals surface area contributed by atoms with Crippen molar-refractivity contribution >= 4 is 18.0 Å². The Morgan fingerprint density at radius 2 is 2.00 bits per heavy atom. The lowest BCUT2D eigenvalue weighted by Crippen LogP contribution is -2.41. The van der Waals surface area contributed by atoms with Gasteiger partial charge < -0.3 is 5.32 Å². The van der Waals surface area contributed by atoms with Crippen molar-refractivity contribution in [1.29, 1.82) is 0 Å². The average molecular weight is 261 g/mol. The molecule has 5 nitrogen and oxygen atoms in total. The van der Waals surface area contributed by atoms with Crippen LogP contribution >= 0.6 is 0 Å². The second kappa shape index (κ2) is 7.31. The molecule has 1 atom stereocenters. The molecule has 0 aliphatic carbocycles. The molecule has 0 saturated carbocycles. The van der Waals surface area contributed by atoms with E-state index in [4.69, 9.17) is 0 Å². The van der Waals surface area contributed by atoms with Crippen molar-refractivity contribution in [1.82, 2.24) is 10.7 Å². The highest BCUT2D eigenvalue weighted by Crippen LogP contribution is 2.02. The van der Waals surface area contributed by atoms with Gasteiger partial charge in [-0.25, -0.2) is 5.43 Å². The normalized spacial score (nSPS) is 12.2. The van der Waals surface area contributed by atoms with Crippen molar-refractivity contribution in [3.05, 3.63) is 35.4 Å². The molecule has 2 N–H and O–H groups in total. The van der Waals surface area contributed by atoms with Crippen LogP contribution in [0.15, 0.2) is 29.4 Å². The van der Waals surface area contributed by atoms with E-state index in [2.05, 4.69) is 15.8 Å². The van der Waals surface area contributed by atoms with Gasteiger partial charge in [0.25, 0.3) is 0 Å². The third-order valence-corrected chi connectivity index (χ3v) is 2.75. The Labute approximate surface area is 113 Å². The SMILES string of the molecule is CC[C@@H](C)NC(=O)C(=O)N/N=C\c1ccccc1C. The molecule has 5 heteroatoms. The third kappa shape index (κ3) is 4.91. The van der Waals surface area contributed by atoms with E-state index in [0.29, 0.717) is 0 Å². The molecule has 0 heterocycles. The highest BCUT2D eigenvalue weighted by Gasteiger charge is 2.14. The zero-order valence-corrected chi connectivity index (χ0v) is 11.4. The average Bonchev–Trinajstić information content (AvgIpc) is 2.40. The van der Waals surface area contributed by atoms with Crippen LogP contribution in [0, 0.1) is 6.92 Å². The molecule has 0 bridgehead atoms. The number of carbonyl (C=O) groups is 2. The van der Waals surface area contributed by atoms with Crippen molar-refractivity contribution < 1.29 is 9.59 Å². The highest BCUT2D eigenvalue weighted by atomic mass is 16.2. The minimum atomic E-state index is -0.759. The molecule has 0 radical (unpaired) electrons. The van der Waals surface area contributed by atoms with Crippen molar-refractivity contribution in [2.24, 2.45) is 5.10 Å². The molecule has 0 spiro atoms. The second-order valence-electron chi connectivity index (χ2n) is 4.34. The van der Waals surface area contributed by atoms with Gasteiger partial charge in [-0.2, -0.15) is 5.10 Å². The van der Waals surface area contributed by atoms with Gasteiger partial charge in [-0.15, -0.1) is 0 Å². The van der Waals surface area contributed by atoms with E-state index < -0.39 is 11.8 Å². The standard InChI is InChI=1S/C14H19N3O2/c1-4-11(3)16-13(18)14(19)17-15-9-12-8-6-5-7-10(12)2/h5-9,11H,4H2,1-3H3,(H,16,18)(H,17,19)/b15-9-/t11-/m1/s1. The van der Waals surface area contributed by atoms with Gasteiger partial charge in [-0.1, -0.05) is 31.2 Å². The summed E-state index contributed by atoms with van der Waals surface area (Å²) < 4.78 is 0. The van der Waals surface area contributed by atoms with Crippen LogP contribution < -0.4 is 10.7 Å². The number of nitrogens with one attached hydrogen (secondary N) is 2. The first kappa shape index (κ1) is 14.9. The van der Waals surface area contributed by atoms with Gasteiger partial charge in [0.1, 0.15) is 0 Å². The molecular formula is C14H19N3O2. The van der Waals surface area contributed by atoms with E-state index >= 15 is 0 Å². The lowest BCUT2D eigenvalue weighted by molar-refractivity contribution is -0.139. The number of carbonyl (C=O) groups excluding carboxylic acids is 2. The number of aryl methyl sites for hydroxylation is 1. The zero-order valence-electron chi connectivity index (χ0n) is 11.4. The monoisotopic (exact) mass is 261 g/mol. The van der Waals surface area contributed by atoms with Gasteiger partial charge in [-0.05, 0) is 31.4 Å². The number of rotatable bonds is 4. The summed E-state index contributed by atoms with van der Waals surface area (Å²) in [6.45, 7) is 5.71. The molecule has 0 aliphatic rings. The number of hydrogen-bond donors (Lipinski definition) is 2. The molecule has 1 aromatic carbocycles. The first-order chi connectivity index (χ1) is 9.04. The molecule has 0 aliphatic heterocycles. The molecular weight excluding hydrogens is 242 g/mol. The van der Waals surface area contributed by atoms with Crippen LogP contribution in [0.25, 0.3) is 0 Å². The fourth-order valence-corrected chi connectivity index (χ4v) is 1.33. The molecule has 0 aromatic heterocycles. The summed E-state index contributed by atoms with van der Waals surface area (Å²) in [5, 5.41) is 6.34. The van der Waals surface area contributed by atoms with E-state index in [-0.39, 0.29) is 6.04 Å².